The van der Waals surface area contributed by atoms with Gasteiger partial charge in [0.15, 0.2) is 0 Å². The summed E-state index contributed by atoms with van der Waals surface area (Å²) in [5, 5.41) is 2.75. The van der Waals surface area contributed by atoms with E-state index < -0.39 is 0 Å². The standard InChI is InChI=1S/C4H12N2S.C2H7N.C2H6/c1-5(2)7-6(3)4;1-3-2;1-2/h1-4H3;3H,1-2H3;1-2H3. The summed E-state index contributed by atoms with van der Waals surface area (Å²) in [4.78, 5) is 0. The van der Waals surface area contributed by atoms with Gasteiger partial charge in [-0.1, -0.05) is 13.8 Å². The van der Waals surface area contributed by atoms with Crippen molar-refractivity contribution >= 4 is 12.1 Å². The maximum Gasteiger partial charge on any atom is 0.00791 e. The van der Waals surface area contributed by atoms with Crippen molar-refractivity contribution in [1.82, 2.24) is 13.9 Å². The molecule has 0 aromatic carbocycles. The van der Waals surface area contributed by atoms with Crippen molar-refractivity contribution in [3.05, 3.63) is 0 Å². The van der Waals surface area contributed by atoms with Crippen LogP contribution in [0.1, 0.15) is 13.8 Å². The molecule has 0 radical (unpaired) electrons. The predicted octanol–water partition coefficient (Wildman–Crippen LogP) is 1.53. The maximum atomic E-state index is 2.75. The first-order valence-electron chi connectivity index (χ1n) is 4.15. The Morgan fingerprint density at radius 2 is 1.00 bits per heavy atom. The van der Waals surface area contributed by atoms with Crippen LogP contribution in [0.4, 0.5) is 0 Å². The largest absolute Gasteiger partial charge is 0.323 e. The third-order valence-corrected chi connectivity index (χ3v) is 0.980. The molecule has 0 atom stereocenters. The average molecular weight is 195 g/mol. The molecule has 0 heterocycles. The van der Waals surface area contributed by atoms with Gasteiger partial charge in [0.2, 0.25) is 0 Å². The molecule has 0 bridgehead atoms. The van der Waals surface area contributed by atoms with E-state index in [0.717, 1.165) is 0 Å². The maximum absolute atomic E-state index is 2.75. The van der Waals surface area contributed by atoms with E-state index in [4.69, 9.17) is 0 Å². The monoisotopic (exact) mass is 195 g/mol. The molecule has 12 heavy (non-hydrogen) atoms. The third-order valence-electron chi connectivity index (χ3n) is 0.327. The summed E-state index contributed by atoms with van der Waals surface area (Å²) in [5.41, 5.74) is 0. The van der Waals surface area contributed by atoms with Crippen LogP contribution in [0.15, 0.2) is 0 Å². The second-order valence-corrected chi connectivity index (χ2v) is 3.83. The van der Waals surface area contributed by atoms with E-state index in [9.17, 15) is 0 Å². The van der Waals surface area contributed by atoms with Gasteiger partial charge in [-0.05, 0) is 42.3 Å². The molecule has 4 heteroatoms. The topological polar surface area (TPSA) is 18.5 Å². The summed E-state index contributed by atoms with van der Waals surface area (Å²) in [7, 11) is 11.8. The molecule has 0 amide bonds. The first kappa shape index (κ1) is 18.1. The number of nitrogens with one attached hydrogen (secondary N) is 1. The van der Waals surface area contributed by atoms with E-state index in [2.05, 4.69) is 5.32 Å². The minimum atomic E-state index is 1.68. The normalized spacial score (nSPS) is 8.50. The lowest BCUT2D eigenvalue weighted by Gasteiger charge is -2.12. The Balaban J connectivity index is -0.000000137. The Kier molecular flexibility index (Phi) is 26.2. The Labute approximate surface area is 82.8 Å². The Morgan fingerprint density at radius 3 is 1.00 bits per heavy atom. The first-order valence-corrected chi connectivity index (χ1v) is 4.88. The summed E-state index contributed by atoms with van der Waals surface area (Å²) < 4.78 is 4.08. The molecule has 1 N–H and O–H groups in total. The second kappa shape index (κ2) is 17.4. The lowest BCUT2D eigenvalue weighted by molar-refractivity contribution is 0.617. The van der Waals surface area contributed by atoms with Crippen LogP contribution in [-0.2, 0) is 0 Å². The van der Waals surface area contributed by atoms with Gasteiger partial charge in [-0.15, -0.1) is 0 Å². The van der Waals surface area contributed by atoms with Crippen LogP contribution in [0, 0.1) is 0 Å². The summed E-state index contributed by atoms with van der Waals surface area (Å²) in [6.45, 7) is 4.00. The van der Waals surface area contributed by atoms with Crippen LogP contribution < -0.4 is 5.32 Å². The molecule has 0 fully saturated rings. The smallest absolute Gasteiger partial charge is 0.00791 e. The van der Waals surface area contributed by atoms with Crippen molar-refractivity contribution in [2.45, 2.75) is 13.8 Å². The van der Waals surface area contributed by atoms with Gasteiger partial charge in [-0.3, -0.25) is 0 Å². The SMILES string of the molecule is CC.CN(C)SN(C)C.CNC. The molecule has 0 saturated heterocycles. The average Bonchev–Trinajstić information content (AvgIpc) is 1.90. The first-order chi connectivity index (χ1) is 5.54. The highest BCUT2D eigenvalue weighted by Gasteiger charge is 1.89. The summed E-state index contributed by atoms with van der Waals surface area (Å²) in [6.07, 6.45) is 0. The van der Waals surface area contributed by atoms with Crippen molar-refractivity contribution in [3.63, 3.8) is 0 Å². The molecule has 0 rings (SSSR count). The van der Waals surface area contributed by atoms with Gasteiger partial charge in [0.25, 0.3) is 0 Å². The third kappa shape index (κ3) is 48.7. The summed E-state index contributed by atoms with van der Waals surface area (Å²) >= 11 is 1.68. The molecule has 0 aliphatic rings. The van der Waals surface area contributed by atoms with Crippen LogP contribution >= 0.6 is 12.1 Å². The number of hydrogen-bond acceptors (Lipinski definition) is 4. The van der Waals surface area contributed by atoms with E-state index >= 15 is 0 Å². The zero-order valence-electron chi connectivity index (χ0n) is 9.80. The quantitative estimate of drug-likeness (QED) is 0.673. The number of hydrogen-bond donors (Lipinski definition) is 1. The minimum absolute atomic E-state index is 1.68. The van der Waals surface area contributed by atoms with Gasteiger partial charge < -0.3 is 5.32 Å². The molecule has 0 aromatic heterocycles. The van der Waals surface area contributed by atoms with Gasteiger partial charge in [-0.25, -0.2) is 8.61 Å². The highest BCUT2D eigenvalue weighted by Crippen LogP contribution is 2.03. The fourth-order valence-corrected chi connectivity index (χ4v) is 0.980. The van der Waals surface area contributed by atoms with Crippen molar-refractivity contribution in [2.24, 2.45) is 0 Å². The van der Waals surface area contributed by atoms with Crippen molar-refractivity contribution in [1.29, 1.82) is 0 Å². The second-order valence-electron chi connectivity index (χ2n) is 2.21. The highest BCUT2D eigenvalue weighted by atomic mass is 32.2. The van der Waals surface area contributed by atoms with Gasteiger partial charge in [0.1, 0.15) is 0 Å². The summed E-state index contributed by atoms with van der Waals surface area (Å²) in [6, 6.07) is 0. The van der Waals surface area contributed by atoms with E-state index in [-0.39, 0.29) is 0 Å². The fourth-order valence-electron chi connectivity index (χ4n) is 0.327. The zero-order valence-corrected chi connectivity index (χ0v) is 10.6. The lowest BCUT2D eigenvalue weighted by atomic mass is 11.0. The van der Waals surface area contributed by atoms with Gasteiger partial charge in [0.05, 0.1) is 0 Å². The molecule has 0 aliphatic heterocycles. The van der Waals surface area contributed by atoms with E-state index in [0.29, 0.717) is 0 Å². The van der Waals surface area contributed by atoms with Crippen molar-refractivity contribution in [3.8, 4) is 0 Å². The van der Waals surface area contributed by atoms with E-state index in [1.807, 2.05) is 64.7 Å². The molecule has 3 nitrogen and oxygen atoms in total. The van der Waals surface area contributed by atoms with E-state index in [1.54, 1.807) is 12.1 Å². The number of nitrogens with zero attached hydrogens (tertiary/aromatic N) is 2. The fraction of sp³-hybridized carbons (Fsp3) is 1.00. The minimum Gasteiger partial charge on any atom is -0.323 e. The van der Waals surface area contributed by atoms with Gasteiger partial charge >= 0.3 is 0 Å². The van der Waals surface area contributed by atoms with E-state index in [1.165, 1.54) is 0 Å². The van der Waals surface area contributed by atoms with Crippen LogP contribution in [0.3, 0.4) is 0 Å². The summed E-state index contributed by atoms with van der Waals surface area (Å²) in [5.74, 6) is 0. The molecule has 0 aliphatic carbocycles. The van der Waals surface area contributed by atoms with Crippen LogP contribution in [0.25, 0.3) is 0 Å². The van der Waals surface area contributed by atoms with Crippen LogP contribution in [0.5, 0.6) is 0 Å². The Bertz CT molecular complexity index is 52.3. The van der Waals surface area contributed by atoms with Gasteiger partial charge in [-0.2, -0.15) is 0 Å². The molecule has 0 aromatic rings. The van der Waals surface area contributed by atoms with Crippen LogP contribution in [-0.4, -0.2) is 50.9 Å². The molecule has 0 spiro atoms. The Morgan fingerprint density at radius 1 is 0.833 bits per heavy atom. The van der Waals surface area contributed by atoms with Crippen LogP contribution in [0.2, 0.25) is 0 Å². The zero-order chi connectivity index (χ0) is 10.6. The van der Waals surface area contributed by atoms with Crippen molar-refractivity contribution < 1.29 is 0 Å². The molecule has 0 unspecified atom stereocenters. The molecule has 78 valence electrons. The highest BCUT2D eigenvalue weighted by molar-refractivity contribution is 7.94. The predicted molar refractivity (Wildman–Crippen MR) is 61.3 cm³/mol. The van der Waals surface area contributed by atoms with Crippen molar-refractivity contribution in [2.75, 3.05) is 42.3 Å². The number of rotatable bonds is 2. The molecular formula is C8H25N3S. The molecular weight excluding hydrogens is 170 g/mol. The van der Waals surface area contributed by atoms with Gasteiger partial charge in [0, 0.05) is 12.1 Å². The lowest BCUT2D eigenvalue weighted by Crippen LogP contribution is -2.10. The Hall–Kier alpha value is 0.230. The molecule has 0 saturated carbocycles.